The van der Waals surface area contributed by atoms with Crippen molar-refractivity contribution in [3.8, 4) is 17.6 Å². The van der Waals surface area contributed by atoms with Crippen LogP contribution in [0.4, 0.5) is 0 Å². The van der Waals surface area contributed by atoms with E-state index in [0.717, 1.165) is 29.3 Å². The average Bonchev–Trinajstić information content (AvgIpc) is 2.46. The largest absolute Gasteiger partial charge is 0.481 e. The molecule has 1 aromatic rings. The molecule has 20 heavy (non-hydrogen) atoms. The van der Waals surface area contributed by atoms with E-state index >= 15 is 0 Å². The van der Waals surface area contributed by atoms with Crippen molar-refractivity contribution in [1.82, 2.24) is 0 Å². The number of halogens is 1. The normalized spacial score (nSPS) is 21.9. The highest BCUT2D eigenvalue weighted by Crippen LogP contribution is 2.21. The summed E-state index contributed by atoms with van der Waals surface area (Å²) in [6.07, 6.45) is 5.48. The Hall–Kier alpha value is -1.17. The lowest BCUT2D eigenvalue weighted by Crippen LogP contribution is -2.91. The van der Waals surface area contributed by atoms with Gasteiger partial charge < -0.3 is 10.1 Å². The van der Waals surface area contributed by atoms with Gasteiger partial charge >= 0.3 is 0 Å². The quantitative estimate of drug-likeness (QED) is 0.849. The second kappa shape index (κ2) is 8.19. The summed E-state index contributed by atoms with van der Waals surface area (Å²) >= 11 is 5.81. The summed E-state index contributed by atoms with van der Waals surface area (Å²) in [5.41, 5.74) is 0. The van der Waals surface area contributed by atoms with Crippen LogP contribution in [0.3, 0.4) is 0 Å². The molecule has 1 fully saturated rings. The van der Waals surface area contributed by atoms with Gasteiger partial charge in [0.15, 0.2) is 0 Å². The summed E-state index contributed by atoms with van der Waals surface area (Å²) in [5.74, 6) is 7.89. The van der Waals surface area contributed by atoms with Crippen LogP contribution in [0.25, 0.3) is 0 Å². The lowest BCUT2D eigenvalue weighted by atomic mass is 9.86. The van der Waals surface area contributed by atoms with E-state index in [1.807, 2.05) is 24.3 Å². The maximum Gasteiger partial charge on any atom is 0.149 e. The van der Waals surface area contributed by atoms with E-state index in [-0.39, 0.29) is 0 Å². The Morgan fingerprint density at radius 2 is 1.95 bits per heavy atom. The first-order valence-corrected chi connectivity index (χ1v) is 7.81. The first-order valence-electron chi connectivity index (χ1n) is 7.43. The van der Waals surface area contributed by atoms with Crippen molar-refractivity contribution in [1.29, 1.82) is 0 Å². The number of ether oxygens (including phenoxy) is 1. The molecule has 0 unspecified atom stereocenters. The minimum Gasteiger partial charge on any atom is -0.481 e. The van der Waals surface area contributed by atoms with Crippen LogP contribution in [-0.2, 0) is 0 Å². The van der Waals surface area contributed by atoms with Crippen LogP contribution < -0.4 is 10.1 Å². The molecular formula is C17H23ClNO+. The van der Waals surface area contributed by atoms with Gasteiger partial charge in [0.1, 0.15) is 18.9 Å². The second-order valence-corrected chi connectivity index (χ2v) is 5.90. The Bertz CT molecular complexity index is 460. The number of hydrogen-bond acceptors (Lipinski definition) is 1. The molecular weight excluding hydrogens is 270 g/mol. The highest BCUT2D eigenvalue weighted by Gasteiger charge is 2.23. The van der Waals surface area contributed by atoms with Crippen LogP contribution in [0.15, 0.2) is 24.3 Å². The molecule has 1 aliphatic carbocycles. The molecule has 0 bridgehead atoms. The van der Waals surface area contributed by atoms with Crippen LogP contribution >= 0.6 is 11.6 Å². The lowest BCUT2D eigenvalue weighted by Gasteiger charge is -2.25. The van der Waals surface area contributed by atoms with Crippen LogP contribution in [0.1, 0.15) is 32.6 Å². The molecule has 108 valence electrons. The predicted octanol–water partition coefficient (Wildman–Crippen LogP) is 2.86. The smallest absolute Gasteiger partial charge is 0.149 e. The molecule has 2 nitrogen and oxygen atoms in total. The van der Waals surface area contributed by atoms with E-state index in [2.05, 4.69) is 24.1 Å². The fourth-order valence-corrected chi connectivity index (χ4v) is 2.80. The van der Waals surface area contributed by atoms with E-state index in [9.17, 15) is 0 Å². The topological polar surface area (TPSA) is 25.8 Å². The summed E-state index contributed by atoms with van der Waals surface area (Å²) < 4.78 is 5.53. The van der Waals surface area contributed by atoms with Gasteiger partial charge in [0.05, 0.1) is 6.04 Å². The number of benzene rings is 1. The van der Waals surface area contributed by atoms with Gasteiger partial charge in [-0.25, -0.2) is 0 Å². The average molecular weight is 293 g/mol. The molecule has 1 saturated carbocycles. The minimum atomic E-state index is 0.440. The summed E-state index contributed by atoms with van der Waals surface area (Å²) in [6, 6.07) is 8.13. The summed E-state index contributed by atoms with van der Waals surface area (Å²) in [6.45, 7) is 3.67. The second-order valence-electron chi connectivity index (χ2n) is 5.46. The standard InChI is InChI=1S/C17H22ClNO/c1-14-6-2-3-7-17(14)19-12-4-5-13-20-16-10-8-15(18)9-11-16/h8-11,14,17,19H,2-3,6-7,12-13H2,1H3/p+1/t14-,17+/m0/s1. The molecule has 0 aromatic heterocycles. The predicted molar refractivity (Wildman–Crippen MR) is 82.9 cm³/mol. The van der Waals surface area contributed by atoms with E-state index in [1.165, 1.54) is 25.7 Å². The number of hydrogen-bond donors (Lipinski definition) is 1. The molecule has 0 aliphatic heterocycles. The van der Waals surface area contributed by atoms with Crippen molar-refractivity contribution in [2.75, 3.05) is 13.2 Å². The zero-order valence-electron chi connectivity index (χ0n) is 12.1. The van der Waals surface area contributed by atoms with Crippen LogP contribution in [0, 0.1) is 17.8 Å². The Morgan fingerprint density at radius 1 is 1.20 bits per heavy atom. The van der Waals surface area contributed by atoms with Gasteiger partial charge in [-0.2, -0.15) is 0 Å². The molecule has 0 heterocycles. The van der Waals surface area contributed by atoms with E-state index in [0.29, 0.717) is 6.61 Å². The summed E-state index contributed by atoms with van der Waals surface area (Å²) in [5, 5.41) is 3.11. The Balaban J connectivity index is 1.63. The Labute approximate surface area is 126 Å². The Kier molecular flexibility index (Phi) is 6.24. The van der Waals surface area contributed by atoms with Gasteiger partial charge in [-0.3, -0.25) is 0 Å². The van der Waals surface area contributed by atoms with Crippen molar-refractivity contribution in [3.63, 3.8) is 0 Å². The molecule has 3 heteroatoms. The van der Waals surface area contributed by atoms with Gasteiger partial charge in [0.2, 0.25) is 0 Å². The summed E-state index contributed by atoms with van der Waals surface area (Å²) in [7, 11) is 0. The molecule has 0 spiro atoms. The number of nitrogens with two attached hydrogens (primary N) is 1. The zero-order chi connectivity index (χ0) is 14.2. The molecule has 2 atom stereocenters. The monoisotopic (exact) mass is 292 g/mol. The third-order valence-electron chi connectivity index (χ3n) is 3.95. The van der Waals surface area contributed by atoms with Gasteiger partial charge in [-0.1, -0.05) is 30.9 Å². The number of quaternary nitrogens is 1. The molecule has 2 rings (SSSR count). The molecule has 0 saturated heterocycles. The fourth-order valence-electron chi connectivity index (χ4n) is 2.68. The third kappa shape index (κ3) is 5.07. The van der Waals surface area contributed by atoms with Crippen molar-refractivity contribution in [2.24, 2.45) is 5.92 Å². The van der Waals surface area contributed by atoms with Crippen molar-refractivity contribution in [3.05, 3.63) is 29.3 Å². The van der Waals surface area contributed by atoms with Crippen LogP contribution in [0.2, 0.25) is 5.02 Å². The molecule has 1 aromatic carbocycles. The van der Waals surface area contributed by atoms with Gasteiger partial charge in [-0.15, -0.1) is 0 Å². The SMILES string of the molecule is C[C@H]1CCCC[C@H]1[NH2+]CC#CCOc1ccc(Cl)cc1. The highest BCUT2D eigenvalue weighted by molar-refractivity contribution is 6.30. The number of rotatable bonds is 4. The van der Waals surface area contributed by atoms with Crippen LogP contribution in [0.5, 0.6) is 5.75 Å². The first kappa shape index (κ1) is 15.2. The zero-order valence-corrected chi connectivity index (χ0v) is 12.8. The van der Waals surface area contributed by atoms with E-state index < -0.39 is 0 Å². The molecule has 0 amide bonds. The van der Waals surface area contributed by atoms with E-state index in [1.54, 1.807) is 0 Å². The highest BCUT2D eigenvalue weighted by atomic mass is 35.5. The Morgan fingerprint density at radius 3 is 2.70 bits per heavy atom. The van der Waals surface area contributed by atoms with Crippen molar-refractivity contribution in [2.45, 2.75) is 38.6 Å². The molecule has 1 aliphatic rings. The lowest BCUT2D eigenvalue weighted by molar-refractivity contribution is -0.688. The van der Waals surface area contributed by atoms with Gasteiger partial charge in [0.25, 0.3) is 0 Å². The summed E-state index contributed by atoms with van der Waals surface area (Å²) in [4.78, 5) is 0. The minimum absolute atomic E-state index is 0.440. The third-order valence-corrected chi connectivity index (χ3v) is 4.20. The maximum absolute atomic E-state index is 5.81. The van der Waals surface area contributed by atoms with E-state index in [4.69, 9.17) is 16.3 Å². The van der Waals surface area contributed by atoms with Gasteiger partial charge in [0, 0.05) is 10.9 Å². The van der Waals surface area contributed by atoms with Gasteiger partial charge in [-0.05, 0) is 49.4 Å². The maximum atomic E-state index is 5.81. The van der Waals surface area contributed by atoms with Crippen molar-refractivity contribution < 1.29 is 10.1 Å². The van der Waals surface area contributed by atoms with Crippen LogP contribution in [-0.4, -0.2) is 19.2 Å². The molecule has 2 N–H and O–H groups in total. The molecule has 0 radical (unpaired) electrons. The fraction of sp³-hybridized carbons (Fsp3) is 0.529. The first-order chi connectivity index (χ1) is 9.75. The van der Waals surface area contributed by atoms with Crippen molar-refractivity contribution >= 4 is 11.6 Å².